The zero-order valence-corrected chi connectivity index (χ0v) is 15.5. The minimum atomic E-state index is -3.19. The van der Waals surface area contributed by atoms with E-state index in [1.165, 1.54) is 23.1 Å². The van der Waals surface area contributed by atoms with Crippen LogP contribution in [0.2, 0.25) is 0 Å². The Hall–Kier alpha value is -0.890. The van der Waals surface area contributed by atoms with Gasteiger partial charge in [-0.1, -0.05) is 24.3 Å². The van der Waals surface area contributed by atoms with E-state index in [1.54, 1.807) is 0 Å². The van der Waals surface area contributed by atoms with Crippen LogP contribution in [0.3, 0.4) is 0 Å². The first-order valence-electron chi connectivity index (χ1n) is 9.32. The van der Waals surface area contributed by atoms with E-state index in [4.69, 9.17) is 9.05 Å². The van der Waals surface area contributed by atoms with E-state index in [1.807, 2.05) is 13.8 Å². The van der Waals surface area contributed by atoms with Crippen LogP contribution < -0.4 is 0 Å². The highest BCUT2D eigenvalue weighted by Gasteiger charge is 2.79. The molecule has 5 aliphatic rings. The van der Waals surface area contributed by atoms with E-state index < -0.39 is 7.60 Å². The Labute approximate surface area is 144 Å². The van der Waals surface area contributed by atoms with Gasteiger partial charge in [0.1, 0.15) is 0 Å². The molecule has 3 nitrogen and oxygen atoms in total. The summed E-state index contributed by atoms with van der Waals surface area (Å²) < 4.78 is 25.3. The number of hydrogen-bond acceptors (Lipinski definition) is 3. The molecule has 0 N–H and O–H groups in total. The van der Waals surface area contributed by atoms with Gasteiger partial charge in [-0.05, 0) is 79.4 Å². The van der Waals surface area contributed by atoms with Gasteiger partial charge in [-0.15, -0.1) is 0 Å². The van der Waals surface area contributed by atoms with Crippen molar-refractivity contribution in [3.8, 4) is 0 Å². The zero-order valence-electron chi connectivity index (χ0n) is 14.6. The van der Waals surface area contributed by atoms with Gasteiger partial charge in [0.05, 0.1) is 13.2 Å². The highest BCUT2D eigenvalue weighted by molar-refractivity contribution is 7.58. The summed E-state index contributed by atoms with van der Waals surface area (Å²) in [4.78, 5) is 0. The summed E-state index contributed by atoms with van der Waals surface area (Å²) >= 11 is 0. The molecule has 128 valence electrons. The molecular formula is C20H25O3P. The molecule has 0 amide bonds. The number of benzene rings is 1. The maximum Gasteiger partial charge on any atom is 0.357 e. The number of hydrogen-bond donors (Lipinski definition) is 0. The van der Waals surface area contributed by atoms with Crippen molar-refractivity contribution in [2.75, 3.05) is 13.2 Å². The standard InChI is InChI=1S/C20H25O3P/c1-4-22-24(21,23-5-2)20-18(12-9-7-6-8-11(12)3)17-14-10-13-15(17)16(13)19(14)20/h6-9,13-17,19H,4-5,10H2,1-3H3/t13-,14+,15?,16?,17+,19-/m1/s1. The molecule has 4 heteroatoms. The van der Waals surface area contributed by atoms with Crippen LogP contribution in [0.1, 0.15) is 31.4 Å². The Bertz CT molecular complexity index is 773. The smallest absolute Gasteiger partial charge is 0.306 e. The normalized spacial score (nSPS) is 38.3. The molecule has 4 fully saturated rings. The minimum Gasteiger partial charge on any atom is -0.306 e. The molecule has 4 saturated carbocycles. The van der Waals surface area contributed by atoms with E-state index in [-0.39, 0.29) is 0 Å². The van der Waals surface area contributed by atoms with Crippen molar-refractivity contribution in [3.63, 3.8) is 0 Å². The molecule has 6 rings (SSSR count). The summed E-state index contributed by atoms with van der Waals surface area (Å²) in [5, 5.41) is 1.05. The first kappa shape index (κ1) is 15.4. The van der Waals surface area contributed by atoms with E-state index >= 15 is 0 Å². The summed E-state index contributed by atoms with van der Waals surface area (Å²) in [6, 6.07) is 8.53. The first-order valence-corrected chi connectivity index (χ1v) is 10.9. The van der Waals surface area contributed by atoms with E-state index in [2.05, 4.69) is 31.2 Å². The van der Waals surface area contributed by atoms with Crippen molar-refractivity contribution in [1.29, 1.82) is 0 Å². The second-order valence-electron chi connectivity index (χ2n) is 7.72. The lowest BCUT2D eigenvalue weighted by Crippen LogP contribution is -2.11. The minimum absolute atomic E-state index is 0.432. The van der Waals surface area contributed by atoms with E-state index in [0.717, 1.165) is 23.1 Å². The molecule has 0 heterocycles. The molecule has 0 aromatic heterocycles. The van der Waals surface area contributed by atoms with Crippen LogP contribution in [0.15, 0.2) is 29.6 Å². The van der Waals surface area contributed by atoms with Crippen molar-refractivity contribution >= 4 is 13.2 Å². The summed E-state index contributed by atoms with van der Waals surface area (Å²) in [6.07, 6.45) is 1.32. The third kappa shape index (κ3) is 1.74. The molecule has 0 spiro atoms. The van der Waals surface area contributed by atoms with Crippen LogP contribution in [-0.2, 0) is 13.6 Å². The monoisotopic (exact) mass is 344 g/mol. The molecule has 1 aromatic carbocycles. The topological polar surface area (TPSA) is 35.5 Å². The fourth-order valence-electron chi connectivity index (χ4n) is 6.34. The largest absolute Gasteiger partial charge is 0.357 e. The summed E-state index contributed by atoms with van der Waals surface area (Å²) in [5.41, 5.74) is 3.87. The molecule has 0 aliphatic heterocycles. The first-order chi connectivity index (χ1) is 11.6. The Kier molecular flexibility index (Phi) is 3.24. The van der Waals surface area contributed by atoms with Crippen LogP contribution in [0.25, 0.3) is 5.57 Å². The van der Waals surface area contributed by atoms with Crippen molar-refractivity contribution in [2.24, 2.45) is 35.5 Å². The zero-order chi connectivity index (χ0) is 16.6. The summed E-state index contributed by atoms with van der Waals surface area (Å²) in [6.45, 7) is 6.84. The Morgan fingerprint density at radius 1 is 1.04 bits per heavy atom. The molecular weight excluding hydrogens is 319 g/mol. The van der Waals surface area contributed by atoms with Crippen LogP contribution in [0, 0.1) is 42.4 Å². The number of rotatable bonds is 6. The average Bonchev–Trinajstić information content (AvgIpc) is 2.89. The summed E-state index contributed by atoms with van der Waals surface area (Å²) in [7, 11) is -3.19. The SMILES string of the molecule is CCOP(=O)(OCC)C1=C(c2ccccc2C)[C@@H]2C3C4[C@@H]3C[C@@H]2[C@@H]14. The van der Waals surface area contributed by atoms with E-state index in [0.29, 0.717) is 31.0 Å². The van der Waals surface area contributed by atoms with Crippen molar-refractivity contribution in [3.05, 3.63) is 40.7 Å². The van der Waals surface area contributed by atoms with Gasteiger partial charge in [0, 0.05) is 5.31 Å². The van der Waals surface area contributed by atoms with Crippen LogP contribution in [-0.4, -0.2) is 13.2 Å². The van der Waals surface area contributed by atoms with Gasteiger partial charge in [0.15, 0.2) is 0 Å². The summed E-state index contributed by atoms with van der Waals surface area (Å²) in [5.74, 6) is 4.20. The third-order valence-corrected chi connectivity index (χ3v) is 9.17. The maximum absolute atomic E-state index is 13.7. The molecule has 6 bridgehead atoms. The third-order valence-electron chi connectivity index (χ3n) is 6.84. The Balaban J connectivity index is 1.71. The van der Waals surface area contributed by atoms with Crippen molar-refractivity contribution in [2.45, 2.75) is 27.2 Å². The van der Waals surface area contributed by atoms with Crippen LogP contribution in [0.5, 0.6) is 0 Å². The Morgan fingerprint density at radius 3 is 2.33 bits per heavy atom. The van der Waals surface area contributed by atoms with Crippen LogP contribution in [0.4, 0.5) is 0 Å². The highest BCUT2D eigenvalue weighted by Crippen LogP contribution is 2.87. The second-order valence-corrected chi connectivity index (χ2v) is 9.71. The molecule has 0 radical (unpaired) electrons. The number of aryl methyl sites for hydroxylation is 1. The fraction of sp³-hybridized carbons (Fsp3) is 0.600. The molecule has 6 atom stereocenters. The quantitative estimate of drug-likeness (QED) is 0.672. The highest BCUT2D eigenvalue weighted by atomic mass is 31.2. The molecule has 0 saturated heterocycles. The second kappa shape index (κ2) is 5.06. The lowest BCUT2D eigenvalue weighted by molar-refractivity contribution is 0.222. The number of allylic oxidation sites excluding steroid dienone is 2. The maximum atomic E-state index is 13.7. The predicted molar refractivity (Wildman–Crippen MR) is 94.5 cm³/mol. The predicted octanol–water partition coefficient (Wildman–Crippen LogP) is 5.11. The lowest BCUT2D eigenvalue weighted by atomic mass is 9.88. The van der Waals surface area contributed by atoms with Gasteiger partial charge in [0.25, 0.3) is 0 Å². The van der Waals surface area contributed by atoms with Gasteiger partial charge >= 0.3 is 7.60 Å². The van der Waals surface area contributed by atoms with Gasteiger partial charge in [-0.3, -0.25) is 4.57 Å². The Morgan fingerprint density at radius 2 is 1.71 bits per heavy atom. The van der Waals surface area contributed by atoms with Gasteiger partial charge in [-0.2, -0.15) is 0 Å². The van der Waals surface area contributed by atoms with Crippen molar-refractivity contribution in [1.82, 2.24) is 0 Å². The average molecular weight is 344 g/mol. The van der Waals surface area contributed by atoms with Crippen LogP contribution >= 0.6 is 7.60 Å². The molecule has 5 aliphatic carbocycles. The van der Waals surface area contributed by atoms with Gasteiger partial charge in [-0.25, -0.2) is 0 Å². The van der Waals surface area contributed by atoms with Crippen molar-refractivity contribution < 1.29 is 13.6 Å². The molecule has 2 unspecified atom stereocenters. The fourth-order valence-corrected chi connectivity index (χ4v) is 8.66. The van der Waals surface area contributed by atoms with Gasteiger partial charge in [0.2, 0.25) is 0 Å². The molecule has 1 aromatic rings. The molecule has 24 heavy (non-hydrogen) atoms. The lowest BCUT2D eigenvalue weighted by Gasteiger charge is -2.27. The van der Waals surface area contributed by atoms with Gasteiger partial charge < -0.3 is 9.05 Å². The van der Waals surface area contributed by atoms with E-state index in [9.17, 15) is 4.57 Å².